The first-order chi connectivity index (χ1) is 25.8. The first-order valence-electron chi connectivity index (χ1n) is 16.6. The molecule has 1 atom stereocenters. The molecule has 3 N–H and O–H groups in total. The Labute approximate surface area is 322 Å². The number of thioether (sulfide) groups is 1. The fourth-order valence-corrected chi connectivity index (χ4v) is 6.53. The number of benzene rings is 6. The zero-order valence-electron chi connectivity index (χ0n) is 28.2. The molecule has 0 bridgehead atoms. The van der Waals surface area contributed by atoms with Crippen LogP contribution in [0, 0.1) is 0 Å². The van der Waals surface area contributed by atoms with Crippen molar-refractivity contribution in [3.63, 3.8) is 0 Å². The maximum absolute atomic E-state index is 13.7. The van der Waals surface area contributed by atoms with E-state index < -0.39 is 17.1 Å². The van der Waals surface area contributed by atoms with Crippen LogP contribution in [0.3, 0.4) is 0 Å². The zero-order valence-corrected chi connectivity index (χ0v) is 30.5. The molecule has 0 aromatic heterocycles. The van der Waals surface area contributed by atoms with E-state index in [1.807, 2.05) is 103 Å². The van der Waals surface area contributed by atoms with Crippen LogP contribution in [0.2, 0.25) is 10.0 Å². The number of hydrogen-bond acceptors (Lipinski definition) is 5. The first kappa shape index (κ1) is 37.0. The minimum atomic E-state index is -0.621. The monoisotopic (exact) mass is 757 g/mol. The molecule has 0 aliphatic rings. The summed E-state index contributed by atoms with van der Waals surface area (Å²) in [6.45, 7) is 0.423. The Kier molecular flexibility index (Phi) is 12.6. The molecular formula is C43H33Cl2N3O4S. The van der Waals surface area contributed by atoms with E-state index in [4.69, 9.17) is 27.9 Å². The van der Waals surface area contributed by atoms with Crippen molar-refractivity contribution < 1.29 is 19.1 Å². The molecule has 0 saturated carbocycles. The highest BCUT2D eigenvalue weighted by Crippen LogP contribution is 2.38. The largest absolute Gasteiger partial charge is 0.489 e. The van der Waals surface area contributed by atoms with Gasteiger partial charge >= 0.3 is 0 Å². The van der Waals surface area contributed by atoms with Crippen molar-refractivity contribution in [2.45, 2.75) is 16.8 Å². The second-order valence-corrected chi connectivity index (χ2v) is 13.7. The molecule has 0 heterocycles. The molecule has 0 fully saturated rings. The molecule has 264 valence electrons. The standard InChI is InChI=1S/C43H33Cl2N3O4S/c44-36-17-10-18-37(39(36)45)47-43(51)40(31-13-6-2-7-14-31)53-35-25-21-33(22-26-35)46-42(50)38(48-41(49)32-15-8-3-9-16-32)27-29-19-23-34(24-20-29)52-28-30-11-4-1-5-12-30/h1-27,40H,28H2,(H,46,50)(H,47,51)(H,48,49)/b38-27-. The second kappa shape index (κ2) is 18.1. The molecule has 0 aliphatic heterocycles. The average molecular weight is 759 g/mol. The number of anilines is 2. The van der Waals surface area contributed by atoms with Gasteiger partial charge in [-0.15, -0.1) is 11.8 Å². The molecule has 0 radical (unpaired) electrons. The van der Waals surface area contributed by atoms with Crippen LogP contribution >= 0.6 is 35.0 Å². The molecule has 6 aromatic rings. The van der Waals surface area contributed by atoms with Crippen LogP contribution in [0.15, 0.2) is 168 Å². The quantitative estimate of drug-likeness (QED) is 0.0805. The Hall–Kier alpha value is -5.80. The molecule has 10 heteroatoms. The van der Waals surface area contributed by atoms with Crippen LogP contribution in [-0.4, -0.2) is 17.7 Å². The van der Waals surface area contributed by atoms with Crippen LogP contribution in [0.1, 0.15) is 32.3 Å². The van der Waals surface area contributed by atoms with Crippen LogP contribution in [0.25, 0.3) is 6.08 Å². The number of carbonyl (C=O) groups excluding carboxylic acids is 3. The highest BCUT2D eigenvalue weighted by Gasteiger charge is 2.23. The summed E-state index contributed by atoms with van der Waals surface area (Å²) in [5, 5.41) is 8.54. The van der Waals surface area contributed by atoms with Crippen LogP contribution < -0.4 is 20.7 Å². The highest BCUT2D eigenvalue weighted by molar-refractivity contribution is 8.00. The predicted molar refractivity (Wildman–Crippen MR) is 214 cm³/mol. The van der Waals surface area contributed by atoms with Gasteiger partial charge in [-0.3, -0.25) is 14.4 Å². The summed E-state index contributed by atoms with van der Waals surface area (Å²) in [4.78, 5) is 41.2. The molecule has 6 aromatic carbocycles. The van der Waals surface area contributed by atoms with Crippen LogP contribution in [0.4, 0.5) is 11.4 Å². The molecule has 53 heavy (non-hydrogen) atoms. The number of hydrogen-bond donors (Lipinski definition) is 3. The minimum Gasteiger partial charge on any atom is -0.489 e. The van der Waals surface area contributed by atoms with Crippen molar-refractivity contribution in [1.82, 2.24) is 5.32 Å². The van der Waals surface area contributed by atoms with Gasteiger partial charge in [0, 0.05) is 16.1 Å². The number of carbonyl (C=O) groups is 3. The Bertz CT molecular complexity index is 2200. The lowest BCUT2D eigenvalue weighted by Crippen LogP contribution is -2.30. The van der Waals surface area contributed by atoms with Gasteiger partial charge in [-0.2, -0.15) is 0 Å². The Morgan fingerprint density at radius 2 is 1.32 bits per heavy atom. The number of ether oxygens (including phenoxy) is 1. The zero-order chi connectivity index (χ0) is 37.0. The maximum Gasteiger partial charge on any atom is 0.272 e. The Balaban J connectivity index is 1.17. The van der Waals surface area contributed by atoms with Crippen LogP contribution in [-0.2, 0) is 16.2 Å². The van der Waals surface area contributed by atoms with Gasteiger partial charge in [-0.25, -0.2) is 0 Å². The van der Waals surface area contributed by atoms with Crippen molar-refractivity contribution in [3.05, 3.63) is 196 Å². The molecule has 6 rings (SSSR count). The highest BCUT2D eigenvalue weighted by atomic mass is 35.5. The summed E-state index contributed by atoms with van der Waals surface area (Å²) in [6.07, 6.45) is 1.61. The Morgan fingerprint density at radius 1 is 0.679 bits per heavy atom. The van der Waals surface area contributed by atoms with Gasteiger partial charge in [-0.1, -0.05) is 120 Å². The molecule has 7 nitrogen and oxygen atoms in total. The van der Waals surface area contributed by atoms with Crippen molar-refractivity contribution in [1.29, 1.82) is 0 Å². The molecular weight excluding hydrogens is 725 g/mol. The van der Waals surface area contributed by atoms with Crippen molar-refractivity contribution >= 4 is 70.1 Å². The number of nitrogens with one attached hydrogen (secondary N) is 3. The number of halogens is 2. The van der Waals surface area contributed by atoms with Gasteiger partial charge < -0.3 is 20.7 Å². The SMILES string of the molecule is O=C(Nc1ccc(SC(C(=O)Nc2cccc(Cl)c2Cl)c2ccccc2)cc1)/C(=C/c1ccc(OCc2ccccc2)cc1)NC(=O)c1ccccc1. The summed E-state index contributed by atoms with van der Waals surface area (Å²) in [6, 6.07) is 47.3. The van der Waals surface area contributed by atoms with Crippen molar-refractivity contribution in [2.75, 3.05) is 10.6 Å². The predicted octanol–water partition coefficient (Wildman–Crippen LogP) is 10.5. The van der Waals surface area contributed by atoms with Gasteiger partial charge in [-0.05, 0) is 83.4 Å². The van der Waals surface area contributed by atoms with E-state index in [1.165, 1.54) is 11.8 Å². The van der Waals surface area contributed by atoms with Gasteiger partial charge in [0.15, 0.2) is 0 Å². The molecule has 0 aliphatic carbocycles. The maximum atomic E-state index is 13.7. The van der Waals surface area contributed by atoms with Gasteiger partial charge in [0.05, 0.1) is 15.7 Å². The van der Waals surface area contributed by atoms with E-state index in [1.54, 1.807) is 60.7 Å². The molecule has 1 unspecified atom stereocenters. The lowest BCUT2D eigenvalue weighted by molar-refractivity contribution is -0.116. The van der Waals surface area contributed by atoms with E-state index in [2.05, 4.69) is 16.0 Å². The molecule has 0 saturated heterocycles. The van der Waals surface area contributed by atoms with Gasteiger partial charge in [0.25, 0.3) is 11.8 Å². The molecule has 3 amide bonds. The summed E-state index contributed by atoms with van der Waals surface area (Å²) < 4.78 is 5.90. The number of rotatable bonds is 13. The lowest BCUT2D eigenvalue weighted by atomic mass is 10.1. The smallest absolute Gasteiger partial charge is 0.272 e. The summed E-state index contributed by atoms with van der Waals surface area (Å²) in [5.74, 6) is -0.545. The van der Waals surface area contributed by atoms with E-state index in [-0.39, 0.29) is 16.6 Å². The van der Waals surface area contributed by atoms with E-state index >= 15 is 0 Å². The first-order valence-corrected chi connectivity index (χ1v) is 18.2. The van der Waals surface area contributed by atoms with Crippen molar-refractivity contribution in [3.8, 4) is 5.75 Å². The van der Waals surface area contributed by atoms with Gasteiger partial charge in [0.2, 0.25) is 5.91 Å². The van der Waals surface area contributed by atoms with E-state index in [9.17, 15) is 14.4 Å². The minimum absolute atomic E-state index is 0.0516. The normalized spacial score (nSPS) is 11.6. The third kappa shape index (κ3) is 10.4. The molecule has 0 spiro atoms. The average Bonchev–Trinajstić information content (AvgIpc) is 3.19. The van der Waals surface area contributed by atoms with Gasteiger partial charge in [0.1, 0.15) is 23.3 Å². The van der Waals surface area contributed by atoms with Crippen molar-refractivity contribution in [2.24, 2.45) is 0 Å². The fraction of sp³-hybridized carbons (Fsp3) is 0.0465. The topological polar surface area (TPSA) is 96.5 Å². The third-order valence-electron chi connectivity index (χ3n) is 7.88. The Morgan fingerprint density at radius 3 is 2.00 bits per heavy atom. The summed E-state index contributed by atoms with van der Waals surface area (Å²) in [5.41, 5.74) is 3.90. The number of amides is 3. The lowest BCUT2D eigenvalue weighted by Gasteiger charge is -2.18. The second-order valence-electron chi connectivity index (χ2n) is 11.7. The van der Waals surface area contributed by atoms with E-state index in [0.29, 0.717) is 39.9 Å². The summed E-state index contributed by atoms with van der Waals surface area (Å²) >= 11 is 13.9. The fourth-order valence-electron chi connectivity index (χ4n) is 5.16. The third-order valence-corrected chi connectivity index (χ3v) is 9.97. The summed E-state index contributed by atoms with van der Waals surface area (Å²) in [7, 11) is 0. The van der Waals surface area contributed by atoms with E-state index in [0.717, 1.165) is 16.0 Å². The van der Waals surface area contributed by atoms with Crippen LogP contribution in [0.5, 0.6) is 5.75 Å².